The lowest BCUT2D eigenvalue weighted by molar-refractivity contribution is -0.269. The number of ketones is 2. The summed E-state index contributed by atoms with van der Waals surface area (Å²) >= 11 is 3.09. The lowest BCUT2D eigenvalue weighted by Crippen LogP contribution is -2.22. The average Bonchev–Trinajstić information content (AvgIpc) is 2.39. The largest absolute Gasteiger partial charge is 0.871 e. The quantitative estimate of drug-likeness (QED) is 0.640. The van der Waals surface area contributed by atoms with Gasteiger partial charge < -0.3 is 5.11 Å². The van der Waals surface area contributed by atoms with E-state index in [0.29, 0.717) is 15.6 Å². The summed E-state index contributed by atoms with van der Waals surface area (Å²) in [5.74, 6) is -1.09. The lowest BCUT2D eigenvalue weighted by atomic mass is 9.84. The normalized spacial score (nSPS) is 13.2. The standard InChI is InChI=1S/C14H7BrO3/c15-10-6-5-9-11(14(10)18)13(17)8-4-2-1-3-7(8)12(9)16/h1-6,18H/p-1. The molecule has 0 radical (unpaired) electrons. The maximum atomic E-state index is 12.3. The second-order valence-electron chi connectivity index (χ2n) is 4.00. The Labute approximate surface area is 111 Å². The fraction of sp³-hybridized carbons (Fsp3) is 0. The Kier molecular flexibility index (Phi) is 2.35. The number of halogens is 1. The number of benzene rings is 2. The highest BCUT2D eigenvalue weighted by Gasteiger charge is 2.29. The molecule has 0 heterocycles. The SMILES string of the molecule is O=C1c2ccccc2C(=O)c2c1ccc(Br)c2[O-]. The molecule has 0 aromatic heterocycles. The highest BCUT2D eigenvalue weighted by atomic mass is 79.9. The Balaban J connectivity index is 2.38. The predicted octanol–water partition coefficient (Wildman–Crippen LogP) is 2.30. The van der Waals surface area contributed by atoms with E-state index in [9.17, 15) is 14.7 Å². The molecule has 1 aliphatic rings. The molecule has 88 valence electrons. The average molecular weight is 302 g/mol. The first-order valence-electron chi connectivity index (χ1n) is 5.29. The molecule has 18 heavy (non-hydrogen) atoms. The smallest absolute Gasteiger partial charge is 0.194 e. The lowest BCUT2D eigenvalue weighted by Gasteiger charge is -2.23. The van der Waals surface area contributed by atoms with Crippen LogP contribution in [0.2, 0.25) is 0 Å². The number of fused-ring (bicyclic) bond motifs is 2. The molecule has 0 bridgehead atoms. The van der Waals surface area contributed by atoms with Crippen molar-refractivity contribution in [3.63, 3.8) is 0 Å². The second-order valence-corrected chi connectivity index (χ2v) is 4.86. The third-order valence-corrected chi connectivity index (χ3v) is 3.62. The zero-order chi connectivity index (χ0) is 12.9. The van der Waals surface area contributed by atoms with Gasteiger partial charge in [-0.3, -0.25) is 9.59 Å². The van der Waals surface area contributed by atoms with Gasteiger partial charge in [-0.25, -0.2) is 0 Å². The van der Waals surface area contributed by atoms with Crippen molar-refractivity contribution >= 4 is 27.5 Å². The third kappa shape index (κ3) is 1.36. The Hall–Kier alpha value is -1.94. The topological polar surface area (TPSA) is 57.2 Å². The fourth-order valence-electron chi connectivity index (χ4n) is 2.13. The van der Waals surface area contributed by atoms with Crippen molar-refractivity contribution in [3.8, 4) is 5.75 Å². The molecule has 2 aromatic rings. The summed E-state index contributed by atoms with van der Waals surface area (Å²) in [7, 11) is 0. The molecule has 0 spiro atoms. The van der Waals surface area contributed by atoms with Gasteiger partial charge in [-0.2, -0.15) is 0 Å². The number of hydrogen-bond acceptors (Lipinski definition) is 3. The van der Waals surface area contributed by atoms with Crippen LogP contribution in [-0.2, 0) is 0 Å². The number of carbonyl (C=O) groups excluding carboxylic acids is 2. The Morgan fingerprint density at radius 1 is 0.833 bits per heavy atom. The van der Waals surface area contributed by atoms with E-state index in [0.717, 1.165) is 0 Å². The highest BCUT2D eigenvalue weighted by molar-refractivity contribution is 9.10. The Morgan fingerprint density at radius 2 is 1.44 bits per heavy atom. The van der Waals surface area contributed by atoms with E-state index < -0.39 is 5.75 Å². The number of carbonyl (C=O) groups is 2. The van der Waals surface area contributed by atoms with Crippen molar-refractivity contribution in [1.82, 2.24) is 0 Å². The van der Waals surface area contributed by atoms with Crippen LogP contribution in [0.25, 0.3) is 0 Å². The van der Waals surface area contributed by atoms with Crippen LogP contribution in [0.4, 0.5) is 0 Å². The predicted molar refractivity (Wildman–Crippen MR) is 66.9 cm³/mol. The van der Waals surface area contributed by atoms with E-state index in [-0.39, 0.29) is 22.7 Å². The van der Waals surface area contributed by atoms with Crippen molar-refractivity contribution in [3.05, 3.63) is 63.1 Å². The number of hydrogen-bond donors (Lipinski definition) is 0. The minimum atomic E-state index is -0.430. The van der Waals surface area contributed by atoms with E-state index >= 15 is 0 Å². The summed E-state index contributed by atoms with van der Waals surface area (Å²) in [4.78, 5) is 24.5. The third-order valence-electron chi connectivity index (χ3n) is 3.00. The molecule has 3 nitrogen and oxygen atoms in total. The molecule has 0 unspecified atom stereocenters. The van der Waals surface area contributed by atoms with Crippen LogP contribution in [0.5, 0.6) is 5.75 Å². The van der Waals surface area contributed by atoms with Gasteiger partial charge in [0.15, 0.2) is 11.6 Å². The van der Waals surface area contributed by atoms with Crippen LogP contribution >= 0.6 is 15.9 Å². The van der Waals surface area contributed by atoms with E-state index in [2.05, 4.69) is 15.9 Å². The van der Waals surface area contributed by atoms with E-state index in [4.69, 9.17) is 0 Å². The van der Waals surface area contributed by atoms with Crippen LogP contribution in [-0.4, -0.2) is 11.6 Å². The molecule has 4 heteroatoms. The van der Waals surface area contributed by atoms with Gasteiger partial charge in [-0.1, -0.05) is 45.9 Å². The molecule has 1 aliphatic carbocycles. The minimum Gasteiger partial charge on any atom is -0.871 e. The molecular formula is C14H6BrO3-. The van der Waals surface area contributed by atoms with Crippen molar-refractivity contribution in [2.75, 3.05) is 0 Å². The Bertz CT molecular complexity index is 704. The van der Waals surface area contributed by atoms with Crippen LogP contribution < -0.4 is 5.11 Å². The maximum Gasteiger partial charge on any atom is 0.194 e. The van der Waals surface area contributed by atoms with Gasteiger partial charge in [0.25, 0.3) is 0 Å². The summed E-state index contributed by atoms with van der Waals surface area (Å²) in [5, 5.41) is 12.0. The zero-order valence-electron chi connectivity index (χ0n) is 9.07. The van der Waals surface area contributed by atoms with Gasteiger partial charge in [0.05, 0.1) is 0 Å². The van der Waals surface area contributed by atoms with Crippen LogP contribution in [0.1, 0.15) is 31.8 Å². The summed E-state index contributed by atoms with van der Waals surface area (Å²) in [6.07, 6.45) is 0. The van der Waals surface area contributed by atoms with Gasteiger partial charge in [-0.05, 0) is 12.1 Å². The zero-order valence-corrected chi connectivity index (χ0v) is 10.7. The van der Waals surface area contributed by atoms with Crippen molar-refractivity contribution in [2.45, 2.75) is 0 Å². The molecule has 0 saturated carbocycles. The molecule has 0 N–H and O–H groups in total. The summed E-state index contributed by atoms with van der Waals surface area (Å²) in [5.41, 5.74) is 0.807. The van der Waals surface area contributed by atoms with Gasteiger partial charge in [0.1, 0.15) is 0 Å². The first kappa shape index (κ1) is 11.2. The highest BCUT2D eigenvalue weighted by Crippen LogP contribution is 2.35. The first-order valence-corrected chi connectivity index (χ1v) is 6.08. The van der Waals surface area contributed by atoms with E-state index in [1.54, 1.807) is 24.3 Å². The van der Waals surface area contributed by atoms with Gasteiger partial charge in [0, 0.05) is 26.7 Å². The van der Waals surface area contributed by atoms with Gasteiger partial charge in [0.2, 0.25) is 0 Å². The monoisotopic (exact) mass is 301 g/mol. The first-order chi connectivity index (χ1) is 8.61. The van der Waals surface area contributed by atoms with E-state index in [1.807, 2.05) is 0 Å². The molecule has 0 saturated heterocycles. The Morgan fingerprint density at radius 3 is 2.11 bits per heavy atom. The number of rotatable bonds is 0. The second kappa shape index (κ2) is 3.78. The minimum absolute atomic E-state index is 0.0342. The molecule has 0 atom stereocenters. The van der Waals surface area contributed by atoms with Crippen molar-refractivity contribution in [1.29, 1.82) is 0 Å². The van der Waals surface area contributed by atoms with Crippen LogP contribution in [0, 0.1) is 0 Å². The molecule has 0 amide bonds. The van der Waals surface area contributed by atoms with E-state index in [1.165, 1.54) is 12.1 Å². The fourth-order valence-corrected chi connectivity index (χ4v) is 2.46. The van der Waals surface area contributed by atoms with Crippen molar-refractivity contribution in [2.24, 2.45) is 0 Å². The molecule has 3 rings (SSSR count). The van der Waals surface area contributed by atoms with Crippen molar-refractivity contribution < 1.29 is 14.7 Å². The molecule has 0 fully saturated rings. The van der Waals surface area contributed by atoms with Gasteiger partial charge >= 0.3 is 0 Å². The molecule has 0 aliphatic heterocycles. The van der Waals surface area contributed by atoms with Crippen LogP contribution in [0.3, 0.4) is 0 Å². The summed E-state index contributed by atoms with van der Waals surface area (Å²) in [6, 6.07) is 9.56. The summed E-state index contributed by atoms with van der Waals surface area (Å²) in [6.45, 7) is 0. The van der Waals surface area contributed by atoms with Gasteiger partial charge in [-0.15, -0.1) is 0 Å². The maximum absolute atomic E-state index is 12.3. The molecule has 2 aromatic carbocycles. The molecular weight excluding hydrogens is 296 g/mol. The summed E-state index contributed by atoms with van der Waals surface area (Å²) < 4.78 is 0.293. The van der Waals surface area contributed by atoms with Crippen LogP contribution in [0.15, 0.2) is 40.9 Å².